The summed E-state index contributed by atoms with van der Waals surface area (Å²) in [6.45, 7) is 5.12. The topological polar surface area (TPSA) is 46.1 Å². The number of hydrogen-bond donors (Lipinski definition) is 0. The quantitative estimate of drug-likeness (QED) is 0.451. The highest BCUT2D eigenvalue weighted by molar-refractivity contribution is 8.00. The number of thiophene rings is 1. The summed E-state index contributed by atoms with van der Waals surface area (Å²) in [5.74, 6) is 0.644. The summed E-state index contributed by atoms with van der Waals surface area (Å²) in [4.78, 5) is 24.7. The summed E-state index contributed by atoms with van der Waals surface area (Å²) in [5, 5.41) is 4.11. The van der Waals surface area contributed by atoms with Gasteiger partial charge in [0.05, 0.1) is 11.1 Å². The zero-order chi connectivity index (χ0) is 18.8. The van der Waals surface area contributed by atoms with Crippen LogP contribution in [0.15, 0.2) is 41.0 Å². The van der Waals surface area contributed by atoms with Crippen molar-refractivity contribution in [2.24, 2.45) is 0 Å². The van der Waals surface area contributed by atoms with E-state index >= 15 is 0 Å². The Labute approximate surface area is 168 Å². The molecular weight excluding hydrogens is 374 g/mol. The molecule has 0 aliphatic carbocycles. The maximum Gasteiger partial charge on any atom is 0.233 e. The van der Waals surface area contributed by atoms with Crippen LogP contribution in [-0.4, -0.2) is 39.1 Å². The molecule has 1 aromatic carbocycles. The zero-order valence-electron chi connectivity index (χ0n) is 15.6. The molecule has 27 heavy (non-hydrogen) atoms. The molecule has 0 radical (unpaired) electrons. The van der Waals surface area contributed by atoms with E-state index in [1.807, 2.05) is 4.90 Å². The average molecular weight is 398 g/mol. The molecule has 4 nitrogen and oxygen atoms in total. The molecule has 1 aliphatic rings. The number of piperidine rings is 1. The molecule has 2 aromatic heterocycles. The lowest BCUT2D eigenvalue weighted by Gasteiger charge is -2.33. The molecule has 3 aromatic rings. The summed E-state index contributed by atoms with van der Waals surface area (Å²) in [6.07, 6.45) is 5.05. The van der Waals surface area contributed by atoms with Crippen LogP contribution in [0.1, 0.15) is 31.7 Å². The van der Waals surface area contributed by atoms with Crippen molar-refractivity contribution in [3.63, 3.8) is 0 Å². The number of rotatable bonds is 4. The SMILES string of the molecule is Cc1ccc(-c2csc3ncnc(SCC(=O)N4CCCC[C@@H]4C)c23)cc1. The van der Waals surface area contributed by atoms with E-state index in [0.29, 0.717) is 11.8 Å². The summed E-state index contributed by atoms with van der Waals surface area (Å²) in [7, 11) is 0. The lowest BCUT2D eigenvalue weighted by Crippen LogP contribution is -2.42. The molecule has 1 fully saturated rings. The first-order chi connectivity index (χ1) is 13.1. The first-order valence-electron chi connectivity index (χ1n) is 9.35. The number of nitrogens with zero attached hydrogens (tertiary/aromatic N) is 3. The van der Waals surface area contributed by atoms with Gasteiger partial charge in [-0.1, -0.05) is 41.6 Å². The van der Waals surface area contributed by atoms with Crippen LogP contribution in [0.5, 0.6) is 0 Å². The lowest BCUT2D eigenvalue weighted by molar-refractivity contribution is -0.131. The van der Waals surface area contributed by atoms with E-state index in [-0.39, 0.29) is 5.91 Å². The predicted molar refractivity (Wildman–Crippen MR) is 113 cm³/mol. The molecule has 1 saturated heterocycles. The molecule has 1 atom stereocenters. The van der Waals surface area contributed by atoms with Crippen molar-refractivity contribution in [1.82, 2.24) is 14.9 Å². The Morgan fingerprint density at radius 3 is 2.85 bits per heavy atom. The van der Waals surface area contributed by atoms with Gasteiger partial charge < -0.3 is 4.90 Å². The third kappa shape index (κ3) is 3.87. The van der Waals surface area contributed by atoms with E-state index in [1.165, 1.54) is 29.3 Å². The number of fused-ring (bicyclic) bond motifs is 1. The number of benzene rings is 1. The van der Waals surface area contributed by atoms with E-state index < -0.39 is 0 Å². The average Bonchev–Trinajstić information content (AvgIpc) is 3.12. The summed E-state index contributed by atoms with van der Waals surface area (Å²) < 4.78 is 0. The third-order valence-electron chi connectivity index (χ3n) is 5.15. The Balaban J connectivity index is 1.59. The smallest absolute Gasteiger partial charge is 0.233 e. The minimum atomic E-state index is 0.214. The minimum absolute atomic E-state index is 0.214. The van der Waals surface area contributed by atoms with Crippen LogP contribution >= 0.6 is 23.1 Å². The Morgan fingerprint density at radius 1 is 1.26 bits per heavy atom. The van der Waals surface area contributed by atoms with Crippen molar-refractivity contribution in [3.8, 4) is 11.1 Å². The molecule has 0 bridgehead atoms. The molecule has 0 unspecified atom stereocenters. The number of amides is 1. The second-order valence-corrected chi connectivity index (χ2v) is 8.92. The fourth-order valence-corrected chi connectivity index (χ4v) is 5.46. The summed E-state index contributed by atoms with van der Waals surface area (Å²) >= 11 is 3.16. The van der Waals surface area contributed by atoms with Gasteiger partial charge in [-0.3, -0.25) is 4.79 Å². The molecule has 140 valence electrons. The van der Waals surface area contributed by atoms with Crippen LogP contribution in [0.2, 0.25) is 0 Å². The molecule has 0 N–H and O–H groups in total. The number of carbonyl (C=O) groups excluding carboxylic acids is 1. The fraction of sp³-hybridized carbons (Fsp3) is 0.381. The Morgan fingerprint density at radius 2 is 2.07 bits per heavy atom. The number of thioether (sulfide) groups is 1. The number of likely N-dealkylation sites (tertiary alicyclic amines) is 1. The molecule has 6 heteroatoms. The van der Waals surface area contributed by atoms with Gasteiger partial charge in [-0.25, -0.2) is 9.97 Å². The molecule has 0 spiro atoms. The largest absolute Gasteiger partial charge is 0.339 e. The molecular formula is C21H23N3OS2. The highest BCUT2D eigenvalue weighted by Gasteiger charge is 2.23. The van der Waals surface area contributed by atoms with Crippen LogP contribution in [-0.2, 0) is 4.79 Å². The summed E-state index contributed by atoms with van der Waals surface area (Å²) in [5.41, 5.74) is 3.56. The second kappa shape index (κ2) is 7.98. The molecule has 3 heterocycles. The van der Waals surface area contributed by atoms with Crippen molar-refractivity contribution in [3.05, 3.63) is 41.5 Å². The zero-order valence-corrected chi connectivity index (χ0v) is 17.3. The number of hydrogen-bond acceptors (Lipinski definition) is 5. The molecule has 4 rings (SSSR count). The van der Waals surface area contributed by atoms with Crippen molar-refractivity contribution in [1.29, 1.82) is 0 Å². The van der Waals surface area contributed by atoms with Crippen LogP contribution in [0, 0.1) is 6.92 Å². The van der Waals surface area contributed by atoms with Crippen molar-refractivity contribution < 1.29 is 4.79 Å². The Kier molecular flexibility index (Phi) is 5.45. The highest BCUT2D eigenvalue weighted by Crippen LogP contribution is 2.38. The van der Waals surface area contributed by atoms with Gasteiger partial charge in [-0.15, -0.1) is 11.3 Å². The van der Waals surface area contributed by atoms with E-state index in [0.717, 1.165) is 40.2 Å². The maximum absolute atomic E-state index is 12.7. The van der Waals surface area contributed by atoms with Gasteiger partial charge in [0, 0.05) is 23.5 Å². The molecule has 0 saturated carbocycles. The maximum atomic E-state index is 12.7. The fourth-order valence-electron chi connectivity index (χ4n) is 3.58. The Bertz CT molecular complexity index is 952. The molecule has 1 aliphatic heterocycles. The van der Waals surface area contributed by atoms with Gasteiger partial charge >= 0.3 is 0 Å². The van der Waals surface area contributed by atoms with Gasteiger partial charge in [0.25, 0.3) is 0 Å². The number of aryl methyl sites for hydroxylation is 1. The normalized spacial score (nSPS) is 17.4. The second-order valence-electron chi connectivity index (χ2n) is 7.09. The van der Waals surface area contributed by atoms with Gasteiger partial charge in [0.2, 0.25) is 5.91 Å². The van der Waals surface area contributed by atoms with Crippen molar-refractivity contribution >= 4 is 39.2 Å². The van der Waals surface area contributed by atoms with Gasteiger partial charge in [-0.05, 0) is 38.7 Å². The van der Waals surface area contributed by atoms with Crippen LogP contribution in [0.3, 0.4) is 0 Å². The molecule has 1 amide bonds. The monoisotopic (exact) mass is 397 g/mol. The van der Waals surface area contributed by atoms with Gasteiger partial charge in [-0.2, -0.15) is 0 Å². The third-order valence-corrected chi connectivity index (χ3v) is 7.01. The summed E-state index contributed by atoms with van der Waals surface area (Å²) in [6, 6.07) is 8.87. The number of aromatic nitrogens is 2. The lowest BCUT2D eigenvalue weighted by atomic mass is 10.0. The van der Waals surface area contributed by atoms with Crippen molar-refractivity contribution in [2.45, 2.75) is 44.2 Å². The Hall–Kier alpha value is -1.92. The predicted octanol–water partition coefficient (Wildman–Crippen LogP) is 5.16. The van der Waals surface area contributed by atoms with E-state index in [2.05, 4.69) is 53.5 Å². The van der Waals surface area contributed by atoms with E-state index in [9.17, 15) is 4.79 Å². The van der Waals surface area contributed by atoms with Gasteiger partial charge in [0.15, 0.2) is 0 Å². The minimum Gasteiger partial charge on any atom is -0.339 e. The van der Waals surface area contributed by atoms with Crippen molar-refractivity contribution in [2.75, 3.05) is 12.3 Å². The number of carbonyl (C=O) groups is 1. The highest BCUT2D eigenvalue weighted by atomic mass is 32.2. The van der Waals surface area contributed by atoms with E-state index in [4.69, 9.17) is 0 Å². The first kappa shape index (κ1) is 18.4. The van der Waals surface area contributed by atoms with Crippen LogP contribution in [0.4, 0.5) is 0 Å². The standard InChI is InChI=1S/C21H23N3OS2/c1-14-6-8-16(9-7-14)17-11-26-20-19(17)21(23-13-22-20)27-12-18(25)24-10-4-3-5-15(24)2/h6-9,11,13,15H,3-5,10,12H2,1-2H3/t15-/m0/s1. The first-order valence-corrected chi connectivity index (χ1v) is 11.2. The van der Waals surface area contributed by atoms with Gasteiger partial charge in [0.1, 0.15) is 16.2 Å². The van der Waals surface area contributed by atoms with Crippen LogP contribution < -0.4 is 0 Å². The van der Waals surface area contributed by atoms with E-state index in [1.54, 1.807) is 17.7 Å². The van der Waals surface area contributed by atoms with Crippen LogP contribution in [0.25, 0.3) is 21.3 Å².